The van der Waals surface area contributed by atoms with Crippen molar-refractivity contribution >= 4 is 17.5 Å². The molecule has 2 aromatic rings. The Kier molecular flexibility index (Phi) is 4.15. The van der Waals surface area contributed by atoms with Crippen molar-refractivity contribution in [3.05, 3.63) is 54.7 Å². The number of carbonyl (C=O) groups excluding carboxylic acids is 1. The van der Waals surface area contributed by atoms with Crippen LogP contribution in [-0.2, 0) is 0 Å². The lowest BCUT2D eigenvalue weighted by Crippen LogP contribution is -2.43. The molecule has 0 bridgehead atoms. The average Bonchev–Trinajstić information content (AvgIpc) is 2.58. The van der Waals surface area contributed by atoms with Crippen molar-refractivity contribution in [1.29, 1.82) is 0 Å². The lowest BCUT2D eigenvalue weighted by Gasteiger charge is -2.32. The quantitative estimate of drug-likeness (QED) is 0.839. The Morgan fingerprint density at radius 1 is 0.952 bits per heavy atom. The van der Waals surface area contributed by atoms with Gasteiger partial charge in [0.25, 0.3) is 0 Å². The number of benzene rings is 1. The monoisotopic (exact) mass is 281 g/mol. The lowest BCUT2D eigenvalue weighted by atomic mass is 10.1. The summed E-state index contributed by atoms with van der Waals surface area (Å²) in [5, 5.41) is 0. The van der Waals surface area contributed by atoms with E-state index < -0.39 is 0 Å². The van der Waals surface area contributed by atoms with Crippen LogP contribution in [-0.4, -0.2) is 29.0 Å². The number of anilines is 2. The maximum absolute atomic E-state index is 12.9. The first kappa shape index (κ1) is 13.6. The van der Waals surface area contributed by atoms with Crippen LogP contribution in [0.3, 0.4) is 0 Å². The van der Waals surface area contributed by atoms with E-state index in [-0.39, 0.29) is 6.03 Å². The Hall–Kier alpha value is -2.36. The molecule has 108 valence electrons. The molecule has 1 saturated heterocycles. The maximum Gasteiger partial charge on any atom is 0.330 e. The Bertz CT molecular complexity index is 540. The molecule has 1 aliphatic heterocycles. The summed E-state index contributed by atoms with van der Waals surface area (Å²) in [6.45, 7) is 1.66. The van der Waals surface area contributed by atoms with E-state index in [1.54, 1.807) is 11.1 Å². The van der Waals surface area contributed by atoms with Crippen LogP contribution in [0.25, 0.3) is 0 Å². The van der Waals surface area contributed by atoms with Gasteiger partial charge in [-0.25, -0.2) is 14.7 Å². The fraction of sp³-hybridized carbons (Fsp3) is 0.294. The fourth-order valence-electron chi connectivity index (χ4n) is 2.63. The number of urea groups is 1. The molecule has 0 radical (unpaired) electrons. The van der Waals surface area contributed by atoms with Crippen molar-refractivity contribution in [2.24, 2.45) is 0 Å². The number of hydrogen-bond donors (Lipinski definition) is 0. The average molecular weight is 281 g/mol. The number of nitrogens with zero attached hydrogens (tertiary/aromatic N) is 3. The van der Waals surface area contributed by atoms with Gasteiger partial charge in [-0.15, -0.1) is 0 Å². The fourth-order valence-corrected chi connectivity index (χ4v) is 2.63. The number of pyridine rings is 1. The standard InChI is InChI=1S/C17H19N3O/c21-17(19-13-7-2-8-14-19)20(15-9-3-1-4-10-15)16-11-5-6-12-18-16/h1,3-6,9-12H,2,7-8,13-14H2. The van der Waals surface area contributed by atoms with Crippen molar-refractivity contribution in [2.45, 2.75) is 19.3 Å². The van der Waals surface area contributed by atoms with E-state index >= 15 is 0 Å². The highest BCUT2D eigenvalue weighted by atomic mass is 16.2. The Labute approximate surface area is 125 Å². The van der Waals surface area contributed by atoms with Gasteiger partial charge >= 0.3 is 6.03 Å². The zero-order valence-corrected chi connectivity index (χ0v) is 12.0. The summed E-state index contributed by atoms with van der Waals surface area (Å²) < 4.78 is 0. The summed E-state index contributed by atoms with van der Waals surface area (Å²) in [4.78, 5) is 20.9. The number of piperidine rings is 1. The number of rotatable bonds is 2. The predicted molar refractivity (Wildman–Crippen MR) is 83.6 cm³/mol. The van der Waals surface area contributed by atoms with Gasteiger partial charge in [-0.1, -0.05) is 24.3 Å². The molecule has 0 spiro atoms. The van der Waals surface area contributed by atoms with Crippen LogP contribution in [0.2, 0.25) is 0 Å². The van der Waals surface area contributed by atoms with Gasteiger partial charge < -0.3 is 4.90 Å². The van der Waals surface area contributed by atoms with Crippen LogP contribution < -0.4 is 4.90 Å². The highest BCUT2D eigenvalue weighted by molar-refractivity contribution is 5.98. The minimum Gasteiger partial charge on any atom is -0.324 e. The van der Waals surface area contributed by atoms with Crippen LogP contribution >= 0.6 is 0 Å². The molecule has 0 atom stereocenters. The number of aromatic nitrogens is 1. The largest absolute Gasteiger partial charge is 0.330 e. The van der Waals surface area contributed by atoms with E-state index in [4.69, 9.17) is 0 Å². The summed E-state index contributed by atoms with van der Waals surface area (Å²) in [5.74, 6) is 0.666. The second-order valence-electron chi connectivity index (χ2n) is 5.19. The zero-order chi connectivity index (χ0) is 14.5. The molecule has 1 aromatic heterocycles. The lowest BCUT2D eigenvalue weighted by molar-refractivity contribution is 0.195. The molecule has 0 aliphatic carbocycles. The van der Waals surface area contributed by atoms with Gasteiger partial charge in [-0.3, -0.25) is 0 Å². The third-order valence-corrected chi connectivity index (χ3v) is 3.71. The molecule has 0 saturated carbocycles. The van der Waals surface area contributed by atoms with E-state index in [2.05, 4.69) is 4.98 Å². The molecule has 1 fully saturated rings. The van der Waals surface area contributed by atoms with E-state index in [0.717, 1.165) is 31.6 Å². The number of para-hydroxylation sites is 1. The molecule has 2 amide bonds. The smallest absolute Gasteiger partial charge is 0.324 e. The minimum atomic E-state index is 0.0135. The number of amides is 2. The third-order valence-electron chi connectivity index (χ3n) is 3.71. The molecule has 1 aliphatic rings. The highest BCUT2D eigenvalue weighted by Crippen LogP contribution is 2.25. The van der Waals surface area contributed by atoms with Gasteiger partial charge in [-0.05, 0) is 43.5 Å². The molecular formula is C17H19N3O. The third kappa shape index (κ3) is 3.05. The molecule has 0 N–H and O–H groups in total. The summed E-state index contributed by atoms with van der Waals surface area (Å²) in [7, 11) is 0. The first-order chi connectivity index (χ1) is 10.4. The summed E-state index contributed by atoms with van der Waals surface area (Å²) in [6.07, 6.45) is 5.08. The van der Waals surface area contributed by atoms with Crippen molar-refractivity contribution < 1.29 is 4.79 Å². The maximum atomic E-state index is 12.9. The molecular weight excluding hydrogens is 262 g/mol. The molecule has 4 nitrogen and oxygen atoms in total. The SMILES string of the molecule is O=C(N1CCCCC1)N(c1ccccc1)c1ccccn1. The van der Waals surface area contributed by atoms with Crippen LogP contribution in [0, 0.1) is 0 Å². The molecule has 4 heteroatoms. The van der Waals surface area contributed by atoms with Crippen LogP contribution in [0.4, 0.5) is 16.3 Å². The van der Waals surface area contributed by atoms with Gasteiger partial charge in [0, 0.05) is 19.3 Å². The van der Waals surface area contributed by atoms with Gasteiger partial charge in [0.05, 0.1) is 5.69 Å². The van der Waals surface area contributed by atoms with Crippen LogP contribution in [0.1, 0.15) is 19.3 Å². The second-order valence-corrected chi connectivity index (χ2v) is 5.19. The van der Waals surface area contributed by atoms with Gasteiger partial charge in [0.1, 0.15) is 5.82 Å². The molecule has 2 heterocycles. The summed E-state index contributed by atoms with van der Waals surface area (Å²) in [6, 6.07) is 15.4. The molecule has 21 heavy (non-hydrogen) atoms. The topological polar surface area (TPSA) is 36.4 Å². The highest BCUT2D eigenvalue weighted by Gasteiger charge is 2.25. The Balaban J connectivity index is 1.94. The van der Waals surface area contributed by atoms with Crippen molar-refractivity contribution in [3.8, 4) is 0 Å². The van der Waals surface area contributed by atoms with Crippen molar-refractivity contribution in [1.82, 2.24) is 9.88 Å². The molecule has 1 aromatic carbocycles. The van der Waals surface area contributed by atoms with Crippen molar-refractivity contribution in [3.63, 3.8) is 0 Å². The molecule has 3 rings (SSSR count). The first-order valence-electron chi connectivity index (χ1n) is 7.41. The minimum absolute atomic E-state index is 0.0135. The second kappa shape index (κ2) is 6.39. The van der Waals surface area contributed by atoms with E-state index in [1.807, 2.05) is 53.4 Å². The Morgan fingerprint density at radius 2 is 1.67 bits per heavy atom. The number of likely N-dealkylation sites (tertiary alicyclic amines) is 1. The van der Waals surface area contributed by atoms with E-state index in [9.17, 15) is 4.79 Å². The summed E-state index contributed by atoms with van der Waals surface area (Å²) in [5.41, 5.74) is 0.853. The molecule has 0 unspecified atom stereocenters. The van der Waals surface area contributed by atoms with Crippen LogP contribution in [0.15, 0.2) is 54.7 Å². The van der Waals surface area contributed by atoms with Crippen LogP contribution in [0.5, 0.6) is 0 Å². The van der Waals surface area contributed by atoms with E-state index in [1.165, 1.54) is 6.42 Å². The summed E-state index contributed by atoms with van der Waals surface area (Å²) >= 11 is 0. The number of hydrogen-bond acceptors (Lipinski definition) is 2. The van der Waals surface area contributed by atoms with Gasteiger partial charge in [-0.2, -0.15) is 0 Å². The van der Waals surface area contributed by atoms with E-state index in [0.29, 0.717) is 5.82 Å². The normalized spacial score (nSPS) is 14.8. The first-order valence-corrected chi connectivity index (χ1v) is 7.41. The van der Waals surface area contributed by atoms with Crippen molar-refractivity contribution in [2.75, 3.05) is 18.0 Å². The van der Waals surface area contributed by atoms with Gasteiger partial charge in [0.2, 0.25) is 0 Å². The number of carbonyl (C=O) groups is 1. The van der Waals surface area contributed by atoms with Gasteiger partial charge in [0.15, 0.2) is 0 Å². The Morgan fingerprint density at radius 3 is 2.33 bits per heavy atom. The zero-order valence-electron chi connectivity index (χ0n) is 12.0. The predicted octanol–water partition coefficient (Wildman–Crippen LogP) is 3.83.